The molecule has 0 atom stereocenters. The second-order valence-electron chi connectivity index (χ2n) is 4.01. The Morgan fingerprint density at radius 1 is 1.31 bits per heavy atom. The summed E-state index contributed by atoms with van der Waals surface area (Å²) >= 11 is 0. The standard InChI is InChI=1S/C10H20N2O/c1-2-13-10-7-12(8-10)9-3-5-11-6-4-9/h9-11H,2-8H2,1H3. The van der Waals surface area contributed by atoms with Crippen molar-refractivity contribution in [1.82, 2.24) is 10.2 Å². The van der Waals surface area contributed by atoms with E-state index in [1.807, 2.05) is 0 Å². The minimum absolute atomic E-state index is 0.528. The monoisotopic (exact) mass is 184 g/mol. The summed E-state index contributed by atoms with van der Waals surface area (Å²) in [4.78, 5) is 2.57. The number of likely N-dealkylation sites (tertiary alicyclic amines) is 1. The van der Waals surface area contributed by atoms with Gasteiger partial charge in [-0.15, -0.1) is 0 Å². The zero-order valence-electron chi connectivity index (χ0n) is 8.46. The largest absolute Gasteiger partial charge is 0.376 e. The lowest BCUT2D eigenvalue weighted by Crippen LogP contribution is -2.58. The van der Waals surface area contributed by atoms with Crippen LogP contribution in [0.4, 0.5) is 0 Å². The molecule has 0 bridgehead atoms. The first kappa shape index (κ1) is 9.44. The lowest BCUT2D eigenvalue weighted by Gasteiger charge is -2.45. The van der Waals surface area contributed by atoms with Crippen molar-refractivity contribution in [1.29, 1.82) is 0 Å². The fraction of sp³-hybridized carbons (Fsp3) is 1.00. The summed E-state index contributed by atoms with van der Waals surface area (Å²) in [5.41, 5.74) is 0. The van der Waals surface area contributed by atoms with Crippen molar-refractivity contribution in [2.24, 2.45) is 0 Å². The molecule has 0 aromatic rings. The van der Waals surface area contributed by atoms with Crippen LogP contribution in [-0.4, -0.2) is 49.8 Å². The first-order chi connectivity index (χ1) is 6.40. The van der Waals surface area contributed by atoms with Crippen LogP contribution in [0.3, 0.4) is 0 Å². The minimum atomic E-state index is 0.528. The van der Waals surface area contributed by atoms with Crippen LogP contribution in [0.2, 0.25) is 0 Å². The molecular weight excluding hydrogens is 164 g/mol. The van der Waals surface area contributed by atoms with Crippen LogP contribution in [0, 0.1) is 0 Å². The summed E-state index contributed by atoms with van der Waals surface area (Å²) < 4.78 is 5.54. The van der Waals surface area contributed by atoms with Crippen LogP contribution >= 0.6 is 0 Å². The Kier molecular flexibility index (Phi) is 3.19. The molecule has 3 heteroatoms. The summed E-state index contributed by atoms with van der Waals surface area (Å²) in [6.07, 6.45) is 3.16. The Balaban J connectivity index is 1.66. The number of ether oxygens (including phenoxy) is 1. The van der Waals surface area contributed by atoms with E-state index < -0.39 is 0 Å². The van der Waals surface area contributed by atoms with Crippen molar-refractivity contribution in [3.05, 3.63) is 0 Å². The number of hydrogen-bond acceptors (Lipinski definition) is 3. The number of nitrogens with zero attached hydrogens (tertiary/aromatic N) is 1. The van der Waals surface area contributed by atoms with Crippen molar-refractivity contribution in [2.45, 2.75) is 31.9 Å². The topological polar surface area (TPSA) is 24.5 Å². The summed E-state index contributed by atoms with van der Waals surface area (Å²) in [7, 11) is 0. The highest BCUT2D eigenvalue weighted by atomic mass is 16.5. The van der Waals surface area contributed by atoms with Crippen molar-refractivity contribution < 1.29 is 4.74 Å². The predicted octanol–water partition coefficient (Wildman–Crippen LogP) is 0.459. The van der Waals surface area contributed by atoms with Gasteiger partial charge in [0.25, 0.3) is 0 Å². The average Bonchev–Trinajstić information content (AvgIpc) is 2.12. The maximum absolute atomic E-state index is 5.54. The second kappa shape index (κ2) is 4.40. The predicted molar refractivity (Wildman–Crippen MR) is 52.9 cm³/mol. The minimum Gasteiger partial charge on any atom is -0.376 e. The summed E-state index contributed by atoms with van der Waals surface area (Å²) in [6, 6.07) is 0.831. The number of rotatable bonds is 3. The van der Waals surface area contributed by atoms with Crippen LogP contribution in [0.5, 0.6) is 0 Å². The smallest absolute Gasteiger partial charge is 0.0828 e. The van der Waals surface area contributed by atoms with Gasteiger partial charge in [-0.25, -0.2) is 0 Å². The van der Waals surface area contributed by atoms with Crippen molar-refractivity contribution in [3.63, 3.8) is 0 Å². The van der Waals surface area contributed by atoms with Crippen LogP contribution in [0.25, 0.3) is 0 Å². The Morgan fingerprint density at radius 3 is 2.62 bits per heavy atom. The van der Waals surface area contributed by atoms with E-state index in [-0.39, 0.29) is 0 Å². The zero-order valence-corrected chi connectivity index (χ0v) is 8.46. The van der Waals surface area contributed by atoms with Gasteiger partial charge in [0.1, 0.15) is 0 Å². The van der Waals surface area contributed by atoms with Crippen molar-refractivity contribution in [2.75, 3.05) is 32.8 Å². The molecule has 0 aromatic carbocycles. The van der Waals surface area contributed by atoms with E-state index in [4.69, 9.17) is 4.74 Å². The van der Waals surface area contributed by atoms with Crippen LogP contribution in [0.1, 0.15) is 19.8 Å². The van der Waals surface area contributed by atoms with Gasteiger partial charge in [-0.05, 0) is 32.9 Å². The average molecular weight is 184 g/mol. The molecule has 0 aromatic heterocycles. The molecule has 2 heterocycles. The molecule has 0 aliphatic carbocycles. The first-order valence-electron chi connectivity index (χ1n) is 5.46. The van der Waals surface area contributed by atoms with Gasteiger partial charge >= 0.3 is 0 Å². The Hall–Kier alpha value is -0.120. The Morgan fingerprint density at radius 2 is 2.00 bits per heavy atom. The zero-order chi connectivity index (χ0) is 9.10. The molecule has 0 unspecified atom stereocenters. The maximum Gasteiger partial charge on any atom is 0.0828 e. The summed E-state index contributed by atoms with van der Waals surface area (Å²) in [5, 5.41) is 3.40. The van der Waals surface area contributed by atoms with E-state index in [9.17, 15) is 0 Å². The van der Waals surface area contributed by atoms with E-state index in [1.165, 1.54) is 39.0 Å². The molecule has 2 saturated heterocycles. The lowest BCUT2D eigenvalue weighted by atomic mass is 10.00. The molecule has 1 N–H and O–H groups in total. The van der Waals surface area contributed by atoms with Gasteiger partial charge < -0.3 is 10.1 Å². The first-order valence-corrected chi connectivity index (χ1v) is 5.46. The highest BCUT2D eigenvalue weighted by molar-refractivity contribution is 4.88. The quantitative estimate of drug-likeness (QED) is 0.689. The van der Waals surface area contributed by atoms with Crippen LogP contribution < -0.4 is 5.32 Å². The molecule has 0 saturated carbocycles. The van der Waals surface area contributed by atoms with E-state index in [0.717, 1.165) is 12.6 Å². The molecule has 76 valence electrons. The second-order valence-corrected chi connectivity index (χ2v) is 4.01. The molecule has 2 fully saturated rings. The van der Waals surface area contributed by atoms with Gasteiger partial charge in [-0.1, -0.05) is 0 Å². The Labute approximate surface area is 80.4 Å². The molecular formula is C10H20N2O. The van der Waals surface area contributed by atoms with Crippen LogP contribution in [-0.2, 0) is 4.74 Å². The molecule has 0 amide bonds. The summed E-state index contributed by atoms with van der Waals surface area (Å²) in [5.74, 6) is 0. The highest BCUT2D eigenvalue weighted by Crippen LogP contribution is 2.20. The van der Waals surface area contributed by atoms with Gasteiger partial charge in [-0.2, -0.15) is 0 Å². The number of piperidine rings is 1. The maximum atomic E-state index is 5.54. The molecule has 2 aliphatic rings. The van der Waals surface area contributed by atoms with Crippen LogP contribution in [0.15, 0.2) is 0 Å². The third-order valence-corrected chi connectivity index (χ3v) is 3.10. The van der Waals surface area contributed by atoms with Crippen molar-refractivity contribution >= 4 is 0 Å². The fourth-order valence-electron chi connectivity index (χ4n) is 2.28. The highest BCUT2D eigenvalue weighted by Gasteiger charge is 2.32. The third-order valence-electron chi connectivity index (χ3n) is 3.10. The third kappa shape index (κ3) is 2.22. The van der Waals surface area contributed by atoms with E-state index in [2.05, 4.69) is 17.1 Å². The molecule has 2 rings (SSSR count). The molecule has 0 spiro atoms. The normalized spacial score (nSPS) is 27.5. The van der Waals surface area contributed by atoms with E-state index in [1.54, 1.807) is 0 Å². The summed E-state index contributed by atoms with van der Waals surface area (Å²) in [6.45, 7) is 7.66. The van der Waals surface area contributed by atoms with Gasteiger partial charge in [0, 0.05) is 25.7 Å². The fourth-order valence-corrected chi connectivity index (χ4v) is 2.28. The number of nitrogens with one attached hydrogen (secondary N) is 1. The van der Waals surface area contributed by atoms with Gasteiger partial charge in [0.05, 0.1) is 6.10 Å². The molecule has 2 aliphatic heterocycles. The molecule has 3 nitrogen and oxygen atoms in total. The van der Waals surface area contributed by atoms with Gasteiger partial charge in [0.15, 0.2) is 0 Å². The van der Waals surface area contributed by atoms with E-state index in [0.29, 0.717) is 6.10 Å². The number of hydrogen-bond donors (Lipinski definition) is 1. The van der Waals surface area contributed by atoms with E-state index >= 15 is 0 Å². The van der Waals surface area contributed by atoms with Gasteiger partial charge in [0.2, 0.25) is 0 Å². The Bertz CT molecular complexity index is 151. The van der Waals surface area contributed by atoms with Crippen molar-refractivity contribution in [3.8, 4) is 0 Å². The SMILES string of the molecule is CCOC1CN(C2CCNCC2)C1. The molecule has 13 heavy (non-hydrogen) atoms. The lowest BCUT2D eigenvalue weighted by molar-refractivity contribution is -0.0720. The molecule has 0 radical (unpaired) electrons. The van der Waals surface area contributed by atoms with Gasteiger partial charge in [-0.3, -0.25) is 4.90 Å².